The summed E-state index contributed by atoms with van der Waals surface area (Å²) in [5, 5.41) is 0. The van der Waals surface area contributed by atoms with Crippen LogP contribution in [0.4, 0.5) is 4.39 Å². The van der Waals surface area contributed by atoms with Crippen LogP contribution in [0.25, 0.3) is 0 Å². The molecule has 1 atom stereocenters. The maximum Gasteiger partial charge on any atom is 0.139 e. The lowest BCUT2D eigenvalue weighted by atomic mass is 10.2. The van der Waals surface area contributed by atoms with Crippen LogP contribution in [0, 0.1) is 12.7 Å². The van der Waals surface area contributed by atoms with Crippen LogP contribution in [0.2, 0.25) is 0 Å². The lowest BCUT2D eigenvalue weighted by molar-refractivity contribution is 0.595. The largest absolute Gasteiger partial charge is 0.254 e. The van der Waals surface area contributed by atoms with Gasteiger partial charge in [-0.1, -0.05) is 42.0 Å². The molecular formula is C14H13FOS. The Labute approximate surface area is 103 Å². The van der Waals surface area contributed by atoms with E-state index in [-0.39, 0.29) is 4.90 Å². The van der Waals surface area contributed by atoms with Gasteiger partial charge in [0.15, 0.2) is 0 Å². The van der Waals surface area contributed by atoms with E-state index in [1.165, 1.54) is 6.07 Å². The van der Waals surface area contributed by atoms with Gasteiger partial charge in [-0.25, -0.2) is 4.39 Å². The Bertz CT molecular complexity index is 551. The van der Waals surface area contributed by atoms with E-state index in [2.05, 4.69) is 0 Å². The molecule has 1 unspecified atom stereocenters. The molecule has 0 amide bonds. The van der Waals surface area contributed by atoms with Crippen LogP contribution in [-0.4, -0.2) is 4.21 Å². The minimum Gasteiger partial charge on any atom is -0.254 e. The van der Waals surface area contributed by atoms with Gasteiger partial charge in [-0.05, 0) is 24.6 Å². The van der Waals surface area contributed by atoms with Gasteiger partial charge in [-0.3, -0.25) is 4.21 Å². The Hall–Kier alpha value is -1.48. The van der Waals surface area contributed by atoms with Gasteiger partial charge in [0.1, 0.15) is 5.82 Å². The van der Waals surface area contributed by atoms with Crippen LogP contribution < -0.4 is 0 Å². The molecule has 2 aromatic rings. The zero-order valence-corrected chi connectivity index (χ0v) is 10.3. The van der Waals surface area contributed by atoms with E-state index < -0.39 is 16.6 Å². The standard InChI is InChI=1S/C14H13FOS/c1-11-5-4-6-12(9-11)10-17(16)14-8-3-2-7-13(14)15/h2-9H,10H2,1H3. The molecular weight excluding hydrogens is 235 g/mol. The summed E-state index contributed by atoms with van der Waals surface area (Å²) in [4.78, 5) is 0.272. The molecule has 0 saturated carbocycles. The smallest absolute Gasteiger partial charge is 0.139 e. The minimum absolute atomic E-state index is 0.272. The number of aryl methyl sites for hydroxylation is 1. The summed E-state index contributed by atoms with van der Waals surface area (Å²) >= 11 is 0. The van der Waals surface area contributed by atoms with E-state index in [1.54, 1.807) is 18.2 Å². The van der Waals surface area contributed by atoms with Gasteiger partial charge >= 0.3 is 0 Å². The molecule has 2 rings (SSSR count). The maximum atomic E-state index is 13.4. The van der Waals surface area contributed by atoms with Crippen LogP contribution in [0.15, 0.2) is 53.4 Å². The van der Waals surface area contributed by atoms with Gasteiger partial charge in [0, 0.05) is 0 Å². The van der Waals surface area contributed by atoms with Gasteiger partial charge in [-0.2, -0.15) is 0 Å². The highest BCUT2D eigenvalue weighted by molar-refractivity contribution is 7.84. The van der Waals surface area contributed by atoms with Gasteiger partial charge in [-0.15, -0.1) is 0 Å². The Morgan fingerprint density at radius 1 is 1.12 bits per heavy atom. The number of hydrogen-bond donors (Lipinski definition) is 0. The summed E-state index contributed by atoms with van der Waals surface area (Å²) in [5.41, 5.74) is 2.08. The fraction of sp³-hybridized carbons (Fsp3) is 0.143. The average molecular weight is 248 g/mol. The van der Waals surface area contributed by atoms with Crippen molar-refractivity contribution >= 4 is 10.8 Å². The van der Waals surface area contributed by atoms with Crippen molar-refractivity contribution in [2.45, 2.75) is 17.6 Å². The Kier molecular flexibility index (Phi) is 3.69. The maximum absolute atomic E-state index is 13.4. The van der Waals surface area contributed by atoms with Crippen LogP contribution in [0.5, 0.6) is 0 Å². The van der Waals surface area contributed by atoms with Gasteiger partial charge in [0.05, 0.1) is 21.4 Å². The van der Waals surface area contributed by atoms with Crippen molar-refractivity contribution in [1.82, 2.24) is 0 Å². The summed E-state index contributed by atoms with van der Waals surface area (Å²) in [6.07, 6.45) is 0. The third kappa shape index (κ3) is 3.01. The minimum atomic E-state index is -1.33. The highest BCUT2D eigenvalue weighted by Gasteiger charge is 2.09. The van der Waals surface area contributed by atoms with Crippen molar-refractivity contribution in [1.29, 1.82) is 0 Å². The fourth-order valence-electron chi connectivity index (χ4n) is 1.66. The summed E-state index contributed by atoms with van der Waals surface area (Å²) in [6.45, 7) is 1.98. The first-order chi connectivity index (χ1) is 8.16. The molecule has 0 N–H and O–H groups in total. The molecule has 0 aliphatic heterocycles. The van der Waals surface area contributed by atoms with Crippen LogP contribution in [0.1, 0.15) is 11.1 Å². The predicted octanol–water partition coefficient (Wildman–Crippen LogP) is 3.44. The third-order valence-corrected chi connectivity index (χ3v) is 3.88. The molecule has 0 aliphatic rings. The van der Waals surface area contributed by atoms with Crippen molar-refractivity contribution in [2.24, 2.45) is 0 Å². The molecule has 17 heavy (non-hydrogen) atoms. The topological polar surface area (TPSA) is 17.1 Å². The first kappa shape index (κ1) is 12.0. The highest BCUT2D eigenvalue weighted by atomic mass is 32.2. The molecule has 0 fully saturated rings. The number of rotatable bonds is 3. The molecule has 88 valence electrons. The van der Waals surface area contributed by atoms with E-state index in [0.717, 1.165) is 11.1 Å². The Morgan fingerprint density at radius 2 is 1.88 bits per heavy atom. The molecule has 0 aliphatic carbocycles. The van der Waals surface area contributed by atoms with Crippen molar-refractivity contribution in [3.8, 4) is 0 Å². The second-order valence-corrected chi connectivity index (χ2v) is 5.33. The molecule has 0 spiro atoms. The van der Waals surface area contributed by atoms with Crippen LogP contribution >= 0.6 is 0 Å². The number of hydrogen-bond acceptors (Lipinski definition) is 1. The molecule has 0 heterocycles. The van der Waals surface area contributed by atoms with Crippen LogP contribution in [0.3, 0.4) is 0 Å². The van der Waals surface area contributed by atoms with Crippen LogP contribution in [-0.2, 0) is 16.6 Å². The SMILES string of the molecule is Cc1cccc(CS(=O)c2ccccc2F)c1. The third-order valence-electron chi connectivity index (χ3n) is 2.46. The normalized spacial score (nSPS) is 12.4. The van der Waals surface area contributed by atoms with E-state index in [9.17, 15) is 8.60 Å². The van der Waals surface area contributed by atoms with Gasteiger partial charge < -0.3 is 0 Å². The summed E-state index contributed by atoms with van der Waals surface area (Å²) in [6, 6.07) is 14.0. The average Bonchev–Trinajstić information content (AvgIpc) is 2.29. The highest BCUT2D eigenvalue weighted by Crippen LogP contribution is 2.16. The number of halogens is 1. The number of benzene rings is 2. The van der Waals surface area contributed by atoms with Crippen molar-refractivity contribution in [3.05, 3.63) is 65.5 Å². The predicted molar refractivity (Wildman–Crippen MR) is 67.7 cm³/mol. The van der Waals surface area contributed by atoms with Crippen molar-refractivity contribution < 1.29 is 8.60 Å². The van der Waals surface area contributed by atoms with Crippen molar-refractivity contribution in [2.75, 3.05) is 0 Å². The quantitative estimate of drug-likeness (QED) is 0.813. The van der Waals surface area contributed by atoms with Gasteiger partial charge in [0.2, 0.25) is 0 Å². The first-order valence-corrected chi connectivity index (χ1v) is 6.67. The molecule has 0 radical (unpaired) electrons. The molecule has 0 bridgehead atoms. The Morgan fingerprint density at radius 3 is 2.59 bits per heavy atom. The zero-order valence-electron chi connectivity index (χ0n) is 9.52. The van der Waals surface area contributed by atoms with E-state index >= 15 is 0 Å². The molecule has 1 nitrogen and oxygen atoms in total. The van der Waals surface area contributed by atoms with E-state index in [1.807, 2.05) is 31.2 Å². The van der Waals surface area contributed by atoms with E-state index in [0.29, 0.717) is 5.75 Å². The molecule has 0 saturated heterocycles. The first-order valence-electron chi connectivity index (χ1n) is 5.35. The lowest BCUT2D eigenvalue weighted by Crippen LogP contribution is -1.99. The Balaban J connectivity index is 2.20. The van der Waals surface area contributed by atoms with Gasteiger partial charge in [0.25, 0.3) is 0 Å². The molecule has 2 aromatic carbocycles. The molecule has 3 heteroatoms. The lowest BCUT2D eigenvalue weighted by Gasteiger charge is -2.04. The second-order valence-electron chi connectivity index (χ2n) is 3.91. The second kappa shape index (κ2) is 5.23. The monoisotopic (exact) mass is 248 g/mol. The molecule has 0 aromatic heterocycles. The van der Waals surface area contributed by atoms with Crippen molar-refractivity contribution in [3.63, 3.8) is 0 Å². The fourth-order valence-corrected chi connectivity index (χ4v) is 2.81. The summed E-state index contributed by atoms with van der Waals surface area (Å²) in [5.74, 6) is -0.0544. The zero-order chi connectivity index (χ0) is 12.3. The summed E-state index contributed by atoms with van der Waals surface area (Å²) in [7, 11) is -1.33. The van der Waals surface area contributed by atoms with E-state index in [4.69, 9.17) is 0 Å². The summed E-state index contributed by atoms with van der Waals surface area (Å²) < 4.78 is 25.4.